The fraction of sp³-hybridized carbons (Fsp3) is 0.455. The maximum atomic E-state index is 12.0. The topological polar surface area (TPSA) is 110 Å². The van der Waals surface area contributed by atoms with Crippen LogP contribution >= 0.6 is 11.3 Å². The maximum Gasteiger partial charge on any atom is 0.265 e. The van der Waals surface area contributed by atoms with Gasteiger partial charge in [0.25, 0.3) is 5.91 Å². The predicted octanol–water partition coefficient (Wildman–Crippen LogP) is 0.884. The van der Waals surface area contributed by atoms with E-state index in [4.69, 9.17) is 5.73 Å². The molecule has 108 valence electrons. The number of hydrogen-bond acceptors (Lipinski definition) is 8. The zero-order valence-electron chi connectivity index (χ0n) is 11.3. The van der Waals surface area contributed by atoms with Crippen LogP contribution in [0.1, 0.15) is 28.8 Å². The Balaban J connectivity index is 2.02. The normalized spacial score (nSPS) is 10.5. The number of carbonyl (C=O) groups is 1. The molecule has 0 aliphatic heterocycles. The first kappa shape index (κ1) is 14.3. The van der Waals surface area contributed by atoms with Crippen LogP contribution in [0.15, 0.2) is 10.9 Å². The van der Waals surface area contributed by atoms with Crippen molar-refractivity contribution in [3.8, 4) is 0 Å². The molecule has 0 unspecified atom stereocenters. The summed E-state index contributed by atoms with van der Waals surface area (Å²) in [5, 5.41) is 7.01. The van der Waals surface area contributed by atoms with Crippen molar-refractivity contribution in [1.82, 2.24) is 20.4 Å². The second-order valence-corrected chi connectivity index (χ2v) is 5.14. The second-order valence-electron chi connectivity index (χ2n) is 4.16. The highest BCUT2D eigenvalue weighted by molar-refractivity contribution is 7.18. The highest BCUT2D eigenvalue weighted by Crippen LogP contribution is 2.27. The molecule has 9 heteroatoms. The van der Waals surface area contributed by atoms with Crippen LogP contribution < -0.4 is 16.0 Å². The molecule has 8 nitrogen and oxygen atoms in total. The lowest BCUT2D eigenvalue weighted by Gasteiger charge is -2.13. The Kier molecular flexibility index (Phi) is 4.51. The van der Waals surface area contributed by atoms with E-state index in [1.54, 1.807) is 0 Å². The molecule has 0 aliphatic rings. The smallest absolute Gasteiger partial charge is 0.265 e. The molecule has 0 fully saturated rings. The minimum atomic E-state index is -0.291. The molecular weight excluding hydrogens is 280 g/mol. The number of aromatic nitrogens is 3. The number of nitrogens with zero attached hydrogens (tertiary/aromatic N) is 4. The highest BCUT2D eigenvalue weighted by atomic mass is 32.1. The molecule has 0 aromatic carbocycles. The van der Waals surface area contributed by atoms with E-state index in [9.17, 15) is 4.79 Å². The lowest BCUT2D eigenvalue weighted by Crippen LogP contribution is -2.23. The third kappa shape index (κ3) is 3.23. The molecular formula is C11H16N6O2S. The van der Waals surface area contributed by atoms with Gasteiger partial charge in [0.05, 0.1) is 6.54 Å². The van der Waals surface area contributed by atoms with Crippen molar-refractivity contribution in [2.45, 2.75) is 19.9 Å². The minimum Gasteiger partial charge on any atom is -0.382 e. The summed E-state index contributed by atoms with van der Waals surface area (Å²) in [5.74, 6) is 0.351. The highest BCUT2D eigenvalue weighted by Gasteiger charge is 2.18. The number of carbonyl (C=O) groups excluding carboxylic acids is 1. The lowest BCUT2D eigenvalue weighted by atomic mass is 10.4. The molecule has 20 heavy (non-hydrogen) atoms. The summed E-state index contributed by atoms with van der Waals surface area (Å²) in [7, 11) is 1.92. The van der Waals surface area contributed by atoms with Crippen molar-refractivity contribution in [2.75, 3.05) is 24.2 Å². The second kappa shape index (κ2) is 6.33. The molecule has 3 N–H and O–H groups in total. The van der Waals surface area contributed by atoms with Gasteiger partial charge in [-0.2, -0.15) is 4.98 Å². The molecule has 2 rings (SSSR count). The Bertz CT molecular complexity index is 567. The van der Waals surface area contributed by atoms with Gasteiger partial charge in [0.1, 0.15) is 10.7 Å². The molecule has 2 aromatic heterocycles. The van der Waals surface area contributed by atoms with Crippen LogP contribution in [0.5, 0.6) is 0 Å². The van der Waals surface area contributed by atoms with Gasteiger partial charge in [-0.3, -0.25) is 4.79 Å². The quantitative estimate of drug-likeness (QED) is 0.814. The van der Waals surface area contributed by atoms with Gasteiger partial charge in [0.2, 0.25) is 6.39 Å². The number of anilines is 2. The van der Waals surface area contributed by atoms with Crippen molar-refractivity contribution in [2.24, 2.45) is 0 Å². The summed E-state index contributed by atoms with van der Waals surface area (Å²) in [6.07, 6.45) is 2.20. The van der Waals surface area contributed by atoms with Crippen molar-refractivity contribution in [3.63, 3.8) is 0 Å². The zero-order valence-corrected chi connectivity index (χ0v) is 12.1. The minimum absolute atomic E-state index is 0.187. The number of rotatable bonds is 6. The van der Waals surface area contributed by atoms with Crippen LogP contribution in [-0.4, -0.2) is 34.6 Å². The fourth-order valence-corrected chi connectivity index (χ4v) is 2.48. The zero-order chi connectivity index (χ0) is 14.5. The first-order valence-electron chi connectivity index (χ1n) is 6.12. The third-order valence-electron chi connectivity index (χ3n) is 2.55. The molecule has 1 amide bonds. The number of thiazole rings is 1. The van der Waals surface area contributed by atoms with Crippen molar-refractivity contribution in [1.29, 1.82) is 0 Å². The number of hydrogen-bond donors (Lipinski definition) is 2. The van der Waals surface area contributed by atoms with Crippen molar-refractivity contribution < 1.29 is 9.32 Å². The van der Waals surface area contributed by atoms with Gasteiger partial charge in [-0.1, -0.05) is 23.4 Å². The molecule has 0 radical (unpaired) electrons. The average Bonchev–Trinajstić information content (AvgIpc) is 3.05. The molecule has 2 aromatic rings. The first-order chi connectivity index (χ1) is 9.61. The van der Waals surface area contributed by atoms with Gasteiger partial charge in [-0.25, -0.2) is 4.98 Å². The van der Waals surface area contributed by atoms with Gasteiger partial charge in [0, 0.05) is 13.6 Å². The maximum absolute atomic E-state index is 12.0. The van der Waals surface area contributed by atoms with Gasteiger partial charge in [-0.15, -0.1) is 0 Å². The Morgan fingerprint density at radius 2 is 2.40 bits per heavy atom. The summed E-state index contributed by atoms with van der Waals surface area (Å²) in [4.78, 5) is 22.4. The summed E-state index contributed by atoms with van der Waals surface area (Å²) < 4.78 is 4.59. The van der Waals surface area contributed by atoms with Gasteiger partial charge in [-0.05, 0) is 6.42 Å². The van der Waals surface area contributed by atoms with E-state index in [1.165, 1.54) is 17.7 Å². The van der Waals surface area contributed by atoms with E-state index in [0.717, 1.165) is 18.1 Å². The third-order valence-corrected chi connectivity index (χ3v) is 3.73. The SMILES string of the molecule is CCCN(C)c1nc(N)c(C(=O)NCc2ncon2)s1. The van der Waals surface area contributed by atoms with Gasteiger partial charge < -0.3 is 20.5 Å². The molecule has 0 aliphatic carbocycles. The van der Waals surface area contributed by atoms with Gasteiger partial charge >= 0.3 is 0 Å². The van der Waals surface area contributed by atoms with Crippen molar-refractivity contribution in [3.05, 3.63) is 17.1 Å². The molecule has 0 atom stereocenters. The monoisotopic (exact) mass is 296 g/mol. The van der Waals surface area contributed by atoms with Crippen LogP contribution in [0.3, 0.4) is 0 Å². The summed E-state index contributed by atoms with van der Waals surface area (Å²) in [6.45, 7) is 3.12. The van der Waals surface area contributed by atoms with E-state index < -0.39 is 0 Å². The van der Waals surface area contributed by atoms with Crippen LogP contribution in [-0.2, 0) is 6.54 Å². The van der Waals surface area contributed by atoms with Crippen LogP contribution in [0.2, 0.25) is 0 Å². The molecule has 2 heterocycles. The van der Waals surface area contributed by atoms with Crippen LogP contribution in [0.25, 0.3) is 0 Å². The summed E-state index contributed by atoms with van der Waals surface area (Å²) in [6, 6.07) is 0. The number of nitrogen functional groups attached to an aromatic ring is 1. The number of nitrogens with one attached hydrogen (secondary N) is 1. The van der Waals surface area contributed by atoms with Crippen LogP contribution in [0.4, 0.5) is 10.9 Å². The fourth-order valence-electron chi connectivity index (χ4n) is 1.59. The van der Waals surface area contributed by atoms with Crippen molar-refractivity contribution >= 4 is 28.2 Å². The molecule has 0 saturated carbocycles. The van der Waals surface area contributed by atoms with Gasteiger partial charge in [0.15, 0.2) is 11.0 Å². The predicted molar refractivity (Wildman–Crippen MR) is 75.6 cm³/mol. The largest absolute Gasteiger partial charge is 0.382 e. The summed E-state index contributed by atoms with van der Waals surface area (Å²) in [5.41, 5.74) is 5.79. The molecule has 0 saturated heterocycles. The Hall–Kier alpha value is -2.16. The molecule has 0 spiro atoms. The number of nitrogens with two attached hydrogens (primary N) is 1. The van der Waals surface area contributed by atoms with E-state index in [1.807, 2.05) is 11.9 Å². The van der Waals surface area contributed by atoms with Crippen LogP contribution in [0, 0.1) is 0 Å². The first-order valence-corrected chi connectivity index (χ1v) is 6.94. The van der Waals surface area contributed by atoms with E-state index in [2.05, 4.69) is 31.9 Å². The van der Waals surface area contributed by atoms with E-state index >= 15 is 0 Å². The Morgan fingerprint density at radius 1 is 1.60 bits per heavy atom. The standard InChI is InChI=1S/C11H16N6O2S/c1-3-4-17(2)11-15-9(12)8(20-11)10(18)13-5-7-14-6-19-16-7/h6H,3-5,12H2,1-2H3,(H,13,18). The van der Waals surface area contributed by atoms with E-state index in [-0.39, 0.29) is 18.3 Å². The average molecular weight is 296 g/mol. The Morgan fingerprint density at radius 3 is 3.05 bits per heavy atom. The summed E-state index contributed by atoms with van der Waals surface area (Å²) >= 11 is 1.27. The lowest BCUT2D eigenvalue weighted by molar-refractivity contribution is 0.0954. The Labute approximate surface area is 120 Å². The number of amides is 1. The van der Waals surface area contributed by atoms with E-state index in [0.29, 0.717) is 10.7 Å². The molecule has 0 bridgehead atoms.